The number of carboxylic acid groups (broad SMARTS) is 1. The lowest BCUT2D eigenvalue weighted by Crippen LogP contribution is -2.03. The zero-order valence-electron chi connectivity index (χ0n) is 11.1. The molecule has 0 saturated carbocycles. The maximum Gasteiger partial charge on any atom is 0.328 e. The van der Waals surface area contributed by atoms with Crippen LogP contribution in [0.3, 0.4) is 0 Å². The van der Waals surface area contributed by atoms with Crippen molar-refractivity contribution >= 4 is 21.4 Å². The van der Waals surface area contributed by atoms with Crippen LogP contribution < -0.4 is 0 Å². The van der Waals surface area contributed by atoms with Crippen molar-refractivity contribution < 1.29 is 18.3 Å². The minimum Gasteiger partial charge on any atom is -0.478 e. The number of rotatable bonds is 6. The maximum absolute atomic E-state index is 11.7. The number of sulfone groups is 1. The van der Waals surface area contributed by atoms with Gasteiger partial charge in [0.05, 0.1) is 10.6 Å². The fourth-order valence-corrected chi connectivity index (χ4v) is 2.65. The molecule has 0 aliphatic rings. The van der Waals surface area contributed by atoms with Crippen LogP contribution in [0.15, 0.2) is 35.2 Å². The van der Waals surface area contributed by atoms with Gasteiger partial charge >= 0.3 is 5.97 Å². The van der Waals surface area contributed by atoms with E-state index in [4.69, 9.17) is 5.11 Å². The van der Waals surface area contributed by atoms with Crippen LogP contribution in [0.25, 0.3) is 5.57 Å². The van der Waals surface area contributed by atoms with Crippen LogP contribution in [0.4, 0.5) is 0 Å². The molecule has 0 amide bonds. The monoisotopic (exact) mass is 282 g/mol. The molecule has 19 heavy (non-hydrogen) atoms. The summed E-state index contributed by atoms with van der Waals surface area (Å²) in [7, 11) is -3.21. The molecule has 5 heteroatoms. The minimum atomic E-state index is -3.21. The molecule has 0 aromatic heterocycles. The molecule has 0 saturated heterocycles. The number of hydrogen-bond donors (Lipinski definition) is 1. The van der Waals surface area contributed by atoms with E-state index in [-0.39, 0.29) is 10.6 Å². The topological polar surface area (TPSA) is 71.4 Å². The Hall–Kier alpha value is -1.62. The summed E-state index contributed by atoms with van der Waals surface area (Å²) in [6, 6.07) is 6.37. The van der Waals surface area contributed by atoms with Gasteiger partial charge in [0.2, 0.25) is 0 Å². The van der Waals surface area contributed by atoms with Crippen LogP contribution >= 0.6 is 0 Å². The molecule has 0 heterocycles. The van der Waals surface area contributed by atoms with E-state index in [1.807, 2.05) is 6.92 Å². The first-order valence-electron chi connectivity index (χ1n) is 6.17. The van der Waals surface area contributed by atoms with E-state index in [0.29, 0.717) is 12.0 Å². The van der Waals surface area contributed by atoms with Gasteiger partial charge in [-0.1, -0.05) is 32.4 Å². The Morgan fingerprint density at radius 2 is 1.79 bits per heavy atom. The van der Waals surface area contributed by atoms with E-state index in [2.05, 4.69) is 0 Å². The van der Waals surface area contributed by atoms with Gasteiger partial charge in [0.25, 0.3) is 0 Å². The van der Waals surface area contributed by atoms with Gasteiger partial charge in [-0.15, -0.1) is 0 Å². The summed E-state index contributed by atoms with van der Waals surface area (Å²) in [5.74, 6) is -0.937. The third-order valence-corrected chi connectivity index (χ3v) is 4.53. The number of carboxylic acids is 1. The molecule has 0 aliphatic heterocycles. The summed E-state index contributed by atoms with van der Waals surface area (Å²) < 4.78 is 23.4. The Balaban J connectivity index is 3.13. The summed E-state index contributed by atoms with van der Waals surface area (Å²) in [5.41, 5.74) is 1.45. The van der Waals surface area contributed by atoms with Crippen molar-refractivity contribution in [1.82, 2.24) is 0 Å². The van der Waals surface area contributed by atoms with E-state index in [1.165, 1.54) is 18.2 Å². The van der Waals surface area contributed by atoms with Crippen LogP contribution in [0.1, 0.15) is 32.3 Å². The number of carbonyl (C=O) groups is 1. The van der Waals surface area contributed by atoms with Gasteiger partial charge in [-0.25, -0.2) is 13.2 Å². The molecule has 104 valence electrons. The second-order valence-electron chi connectivity index (χ2n) is 4.19. The van der Waals surface area contributed by atoms with Crippen molar-refractivity contribution in [2.24, 2.45) is 0 Å². The molecule has 1 rings (SSSR count). The Bertz CT molecular complexity index is 568. The SMILES string of the molecule is CCC/C(=C\C(=O)O)c1ccc(S(=O)(=O)CC)cc1. The molecular weight excluding hydrogens is 264 g/mol. The second kappa shape index (κ2) is 6.52. The predicted molar refractivity (Wildman–Crippen MR) is 74.7 cm³/mol. The zero-order chi connectivity index (χ0) is 14.5. The Kier molecular flexibility index (Phi) is 5.30. The van der Waals surface area contributed by atoms with Crippen LogP contribution in [0.5, 0.6) is 0 Å². The molecule has 0 unspecified atom stereocenters. The zero-order valence-corrected chi connectivity index (χ0v) is 11.9. The largest absolute Gasteiger partial charge is 0.478 e. The summed E-state index contributed by atoms with van der Waals surface area (Å²) in [5, 5.41) is 8.82. The second-order valence-corrected chi connectivity index (χ2v) is 6.46. The fraction of sp³-hybridized carbons (Fsp3) is 0.357. The third kappa shape index (κ3) is 4.21. The summed E-state index contributed by atoms with van der Waals surface area (Å²) in [6.45, 7) is 3.56. The lowest BCUT2D eigenvalue weighted by Gasteiger charge is -2.07. The number of hydrogen-bond acceptors (Lipinski definition) is 3. The molecule has 4 nitrogen and oxygen atoms in total. The van der Waals surface area contributed by atoms with Gasteiger partial charge in [0.15, 0.2) is 9.84 Å². The first-order valence-corrected chi connectivity index (χ1v) is 7.82. The smallest absolute Gasteiger partial charge is 0.328 e. The van der Waals surface area contributed by atoms with Crippen LogP contribution in [0.2, 0.25) is 0 Å². The molecule has 0 radical (unpaired) electrons. The highest BCUT2D eigenvalue weighted by molar-refractivity contribution is 7.91. The lowest BCUT2D eigenvalue weighted by molar-refractivity contribution is -0.131. The highest BCUT2D eigenvalue weighted by Gasteiger charge is 2.11. The third-order valence-electron chi connectivity index (χ3n) is 2.78. The first-order chi connectivity index (χ1) is 8.90. The van der Waals surface area contributed by atoms with Gasteiger partial charge in [-0.3, -0.25) is 0 Å². The average molecular weight is 282 g/mol. The number of benzene rings is 1. The van der Waals surface area contributed by atoms with E-state index < -0.39 is 15.8 Å². The van der Waals surface area contributed by atoms with Crippen molar-refractivity contribution in [2.45, 2.75) is 31.6 Å². The van der Waals surface area contributed by atoms with Gasteiger partial charge in [0, 0.05) is 6.08 Å². The first kappa shape index (κ1) is 15.4. The average Bonchev–Trinajstić information content (AvgIpc) is 2.38. The van der Waals surface area contributed by atoms with E-state index in [0.717, 1.165) is 12.0 Å². The predicted octanol–water partition coefficient (Wildman–Crippen LogP) is 2.75. The molecule has 0 aliphatic carbocycles. The van der Waals surface area contributed by atoms with Crippen molar-refractivity contribution in [2.75, 3.05) is 5.75 Å². The van der Waals surface area contributed by atoms with Crippen LogP contribution in [-0.4, -0.2) is 25.2 Å². The van der Waals surface area contributed by atoms with Crippen molar-refractivity contribution in [1.29, 1.82) is 0 Å². The van der Waals surface area contributed by atoms with Crippen LogP contribution in [-0.2, 0) is 14.6 Å². The highest BCUT2D eigenvalue weighted by atomic mass is 32.2. The van der Waals surface area contributed by atoms with Gasteiger partial charge in [0.1, 0.15) is 0 Å². The van der Waals surface area contributed by atoms with Crippen molar-refractivity contribution in [3.05, 3.63) is 35.9 Å². The summed E-state index contributed by atoms with van der Waals surface area (Å²) in [4.78, 5) is 11.0. The normalized spacial score (nSPS) is 12.4. The van der Waals surface area contributed by atoms with E-state index in [1.54, 1.807) is 19.1 Å². The Morgan fingerprint density at radius 1 is 1.21 bits per heavy atom. The number of allylic oxidation sites excluding steroid dienone is 1. The summed E-state index contributed by atoms with van der Waals surface area (Å²) in [6.07, 6.45) is 2.65. The molecule has 1 aromatic rings. The maximum atomic E-state index is 11.7. The molecule has 1 aromatic carbocycles. The molecular formula is C14H18O4S. The molecule has 0 bridgehead atoms. The minimum absolute atomic E-state index is 0.0547. The fourth-order valence-electron chi connectivity index (χ4n) is 1.76. The molecule has 1 N–H and O–H groups in total. The molecule has 0 spiro atoms. The number of aliphatic carboxylic acids is 1. The summed E-state index contributed by atoms with van der Waals surface area (Å²) >= 11 is 0. The molecule has 0 atom stereocenters. The Morgan fingerprint density at radius 3 is 2.21 bits per heavy atom. The highest BCUT2D eigenvalue weighted by Crippen LogP contribution is 2.22. The standard InChI is InChI=1S/C14H18O4S/c1-3-5-12(10-14(15)16)11-6-8-13(9-7-11)19(17,18)4-2/h6-10H,3-5H2,1-2H3,(H,15,16)/b12-10+. The van der Waals surface area contributed by atoms with E-state index >= 15 is 0 Å². The van der Waals surface area contributed by atoms with E-state index in [9.17, 15) is 13.2 Å². The lowest BCUT2D eigenvalue weighted by atomic mass is 10.0. The van der Waals surface area contributed by atoms with Gasteiger partial charge in [-0.2, -0.15) is 0 Å². The quantitative estimate of drug-likeness (QED) is 0.814. The van der Waals surface area contributed by atoms with Crippen molar-refractivity contribution in [3.8, 4) is 0 Å². The van der Waals surface area contributed by atoms with Crippen molar-refractivity contribution in [3.63, 3.8) is 0 Å². The molecule has 0 fully saturated rings. The van der Waals surface area contributed by atoms with Gasteiger partial charge in [-0.05, 0) is 29.7 Å². The van der Waals surface area contributed by atoms with Gasteiger partial charge < -0.3 is 5.11 Å². The van der Waals surface area contributed by atoms with Crippen LogP contribution in [0, 0.1) is 0 Å². The Labute approximate surface area is 113 Å².